The van der Waals surface area contributed by atoms with E-state index in [1.165, 1.54) is 0 Å². The maximum absolute atomic E-state index is 11.9. The van der Waals surface area contributed by atoms with Crippen LogP contribution in [0.1, 0.15) is 16.1 Å². The molecule has 16 heavy (non-hydrogen) atoms. The Hall–Kier alpha value is -1.42. The van der Waals surface area contributed by atoms with Gasteiger partial charge in [-0.05, 0) is 25.1 Å². The quantitative estimate of drug-likeness (QED) is 0.810. The van der Waals surface area contributed by atoms with E-state index in [0.29, 0.717) is 5.56 Å². The fourth-order valence-electron chi connectivity index (χ4n) is 1.43. The molecule has 82 valence electrons. The van der Waals surface area contributed by atoms with Gasteiger partial charge in [0.2, 0.25) is 0 Å². The summed E-state index contributed by atoms with van der Waals surface area (Å²) >= 11 is 3.34. The highest BCUT2D eigenvalue weighted by Crippen LogP contribution is 2.11. The molecule has 0 saturated carbocycles. The minimum Gasteiger partial charge on any atom is -0.292 e. The number of hydrogen-bond acceptors (Lipinski definition) is 2. The number of hydrogen-bond donors (Lipinski definition) is 0. The van der Waals surface area contributed by atoms with Crippen molar-refractivity contribution < 1.29 is 4.79 Å². The van der Waals surface area contributed by atoms with E-state index in [9.17, 15) is 4.79 Å². The second-order valence-corrected chi connectivity index (χ2v) is 4.50. The Morgan fingerprint density at radius 2 is 2.00 bits per heavy atom. The van der Waals surface area contributed by atoms with Gasteiger partial charge in [-0.15, -0.1) is 0 Å². The fourth-order valence-corrected chi connectivity index (χ4v) is 1.69. The molecular formula is C12H11BrN2O. The van der Waals surface area contributed by atoms with Gasteiger partial charge in [0.15, 0.2) is 5.78 Å². The highest BCUT2D eigenvalue weighted by Gasteiger charge is 2.06. The van der Waals surface area contributed by atoms with Gasteiger partial charge in [-0.25, -0.2) is 0 Å². The minimum absolute atomic E-state index is 0.0654. The number of aryl methyl sites for hydroxylation is 1. The molecule has 2 aromatic rings. The van der Waals surface area contributed by atoms with E-state index in [-0.39, 0.29) is 12.3 Å². The van der Waals surface area contributed by atoms with Crippen LogP contribution < -0.4 is 0 Å². The highest BCUT2D eigenvalue weighted by atomic mass is 79.9. The van der Waals surface area contributed by atoms with Crippen LogP contribution in [-0.4, -0.2) is 15.6 Å². The normalized spacial score (nSPS) is 10.4. The molecule has 0 aliphatic heterocycles. The van der Waals surface area contributed by atoms with Gasteiger partial charge in [0, 0.05) is 16.2 Å². The Morgan fingerprint density at radius 3 is 2.56 bits per heavy atom. The van der Waals surface area contributed by atoms with E-state index < -0.39 is 0 Å². The predicted molar refractivity (Wildman–Crippen MR) is 65.4 cm³/mol. The molecule has 2 rings (SSSR count). The third-order valence-corrected chi connectivity index (χ3v) is 2.77. The zero-order chi connectivity index (χ0) is 11.5. The monoisotopic (exact) mass is 278 g/mol. The number of aromatic nitrogens is 2. The van der Waals surface area contributed by atoms with Crippen molar-refractivity contribution in [3.05, 3.63) is 52.3 Å². The van der Waals surface area contributed by atoms with Crippen molar-refractivity contribution in [2.75, 3.05) is 0 Å². The molecule has 0 N–H and O–H groups in total. The van der Waals surface area contributed by atoms with Gasteiger partial charge in [0.25, 0.3) is 0 Å². The lowest BCUT2D eigenvalue weighted by Gasteiger charge is -2.01. The lowest BCUT2D eigenvalue weighted by molar-refractivity contribution is 0.0967. The van der Waals surface area contributed by atoms with Crippen LogP contribution in [0.15, 0.2) is 41.0 Å². The molecule has 0 saturated heterocycles. The number of benzene rings is 1. The molecule has 0 atom stereocenters. The number of carbonyl (C=O) groups excluding carboxylic acids is 1. The Balaban J connectivity index is 2.11. The van der Waals surface area contributed by atoms with Crippen molar-refractivity contribution in [3.8, 4) is 0 Å². The first-order valence-electron chi connectivity index (χ1n) is 4.94. The zero-order valence-corrected chi connectivity index (χ0v) is 10.4. The second kappa shape index (κ2) is 4.61. The van der Waals surface area contributed by atoms with E-state index in [1.54, 1.807) is 4.68 Å². The molecule has 3 nitrogen and oxygen atoms in total. The standard InChI is InChI=1S/C12H11BrN2O/c1-9-6-7-15(14-9)8-12(16)10-2-4-11(13)5-3-10/h2-7H,8H2,1H3. The largest absolute Gasteiger partial charge is 0.292 e. The van der Waals surface area contributed by atoms with Crippen LogP contribution in [0.25, 0.3) is 0 Å². The lowest BCUT2D eigenvalue weighted by atomic mass is 10.1. The number of ketones is 1. The van der Waals surface area contributed by atoms with E-state index in [1.807, 2.05) is 43.5 Å². The average Bonchev–Trinajstić information content (AvgIpc) is 2.65. The van der Waals surface area contributed by atoms with E-state index in [2.05, 4.69) is 21.0 Å². The fraction of sp³-hybridized carbons (Fsp3) is 0.167. The van der Waals surface area contributed by atoms with Crippen molar-refractivity contribution in [1.29, 1.82) is 0 Å². The van der Waals surface area contributed by atoms with Gasteiger partial charge in [-0.1, -0.05) is 28.1 Å². The van der Waals surface area contributed by atoms with Gasteiger partial charge in [-0.3, -0.25) is 9.48 Å². The van der Waals surface area contributed by atoms with Gasteiger partial charge in [0.1, 0.15) is 6.54 Å². The molecule has 0 amide bonds. The SMILES string of the molecule is Cc1ccn(CC(=O)c2ccc(Br)cc2)n1. The maximum atomic E-state index is 11.9. The molecule has 1 heterocycles. The first-order valence-corrected chi connectivity index (χ1v) is 5.73. The molecule has 1 aromatic carbocycles. The van der Waals surface area contributed by atoms with Gasteiger partial charge in [0.05, 0.1) is 5.69 Å². The van der Waals surface area contributed by atoms with Crippen LogP contribution >= 0.6 is 15.9 Å². The molecule has 0 radical (unpaired) electrons. The first kappa shape index (κ1) is 11.1. The summed E-state index contributed by atoms with van der Waals surface area (Å²) in [5, 5.41) is 4.18. The van der Waals surface area contributed by atoms with Gasteiger partial charge < -0.3 is 0 Å². The topological polar surface area (TPSA) is 34.9 Å². The molecule has 0 aliphatic carbocycles. The second-order valence-electron chi connectivity index (χ2n) is 3.58. The minimum atomic E-state index is 0.0654. The Kier molecular flexibility index (Phi) is 3.19. The van der Waals surface area contributed by atoms with Crippen molar-refractivity contribution in [3.63, 3.8) is 0 Å². The van der Waals surface area contributed by atoms with Crippen LogP contribution in [0.4, 0.5) is 0 Å². The van der Waals surface area contributed by atoms with Crippen LogP contribution in [0.3, 0.4) is 0 Å². The zero-order valence-electron chi connectivity index (χ0n) is 8.85. The van der Waals surface area contributed by atoms with E-state index >= 15 is 0 Å². The lowest BCUT2D eigenvalue weighted by Crippen LogP contribution is -2.10. The molecule has 0 spiro atoms. The summed E-state index contributed by atoms with van der Waals surface area (Å²) in [5.74, 6) is 0.0654. The Labute approximate surface area is 102 Å². The summed E-state index contributed by atoms with van der Waals surface area (Å²) in [4.78, 5) is 11.9. The van der Waals surface area contributed by atoms with Gasteiger partial charge >= 0.3 is 0 Å². The summed E-state index contributed by atoms with van der Waals surface area (Å²) in [6.45, 7) is 2.19. The summed E-state index contributed by atoms with van der Waals surface area (Å²) < 4.78 is 2.62. The summed E-state index contributed by atoms with van der Waals surface area (Å²) in [5.41, 5.74) is 1.62. The van der Waals surface area contributed by atoms with E-state index in [4.69, 9.17) is 0 Å². The molecule has 1 aromatic heterocycles. The van der Waals surface area contributed by atoms with Crippen molar-refractivity contribution in [2.24, 2.45) is 0 Å². The molecule has 0 aliphatic rings. The third kappa shape index (κ3) is 2.58. The van der Waals surface area contributed by atoms with Crippen molar-refractivity contribution >= 4 is 21.7 Å². The number of rotatable bonds is 3. The number of nitrogens with zero attached hydrogens (tertiary/aromatic N) is 2. The number of halogens is 1. The third-order valence-electron chi connectivity index (χ3n) is 2.25. The molecule has 0 bridgehead atoms. The Morgan fingerprint density at radius 1 is 1.31 bits per heavy atom. The van der Waals surface area contributed by atoms with Gasteiger partial charge in [-0.2, -0.15) is 5.10 Å². The number of Topliss-reactive ketones (excluding diaryl/α,β-unsaturated/α-hetero) is 1. The van der Waals surface area contributed by atoms with Crippen LogP contribution in [0, 0.1) is 6.92 Å². The predicted octanol–water partition coefficient (Wildman–Crippen LogP) is 2.84. The van der Waals surface area contributed by atoms with Crippen LogP contribution in [0.5, 0.6) is 0 Å². The first-order chi connectivity index (χ1) is 7.65. The van der Waals surface area contributed by atoms with Crippen LogP contribution in [-0.2, 0) is 6.54 Å². The molecule has 0 unspecified atom stereocenters. The molecule has 4 heteroatoms. The summed E-state index contributed by atoms with van der Waals surface area (Å²) in [6.07, 6.45) is 1.81. The van der Waals surface area contributed by atoms with Crippen LogP contribution in [0.2, 0.25) is 0 Å². The van der Waals surface area contributed by atoms with Crippen molar-refractivity contribution in [2.45, 2.75) is 13.5 Å². The maximum Gasteiger partial charge on any atom is 0.184 e. The average molecular weight is 279 g/mol. The Bertz CT molecular complexity index is 502. The molecule has 0 fully saturated rings. The highest BCUT2D eigenvalue weighted by molar-refractivity contribution is 9.10. The van der Waals surface area contributed by atoms with E-state index in [0.717, 1.165) is 10.2 Å². The summed E-state index contributed by atoms with van der Waals surface area (Å²) in [7, 11) is 0. The van der Waals surface area contributed by atoms with Crippen molar-refractivity contribution in [1.82, 2.24) is 9.78 Å². The molecular weight excluding hydrogens is 268 g/mol. The smallest absolute Gasteiger partial charge is 0.184 e. The number of carbonyl (C=O) groups is 1. The summed E-state index contributed by atoms with van der Waals surface area (Å²) in [6, 6.07) is 9.23.